The van der Waals surface area contributed by atoms with Crippen molar-refractivity contribution in [3.05, 3.63) is 11.1 Å². The van der Waals surface area contributed by atoms with Crippen LogP contribution < -0.4 is 10.2 Å². The maximum Gasteiger partial charge on any atom is 0.236 e. The monoisotopic (exact) mass is 521 g/mol. The molecule has 2 saturated heterocycles. The van der Waals surface area contributed by atoms with Gasteiger partial charge >= 0.3 is 0 Å². The molecule has 1 aromatic heterocycles. The fraction of sp³-hybridized carbons (Fsp3) is 0.722. The van der Waals surface area contributed by atoms with Crippen molar-refractivity contribution < 1.29 is 4.79 Å². The predicted octanol–water partition coefficient (Wildman–Crippen LogP) is 1.14. The molecular weight excluding hydrogens is 489 g/mol. The molecule has 0 aliphatic carbocycles. The lowest BCUT2D eigenvalue weighted by Gasteiger charge is -2.36. The van der Waals surface area contributed by atoms with E-state index in [0.717, 1.165) is 68.9 Å². The number of carbonyl (C=O) groups excluding carboxylic acids is 1. The SMILES string of the molecule is CN=C(NCc1csc(N(C)C)n1)N1CCN(CC(=O)N2CCCC2)CC1.I. The van der Waals surface area contributed by atoms with Gasteiger partial charge in [0, 0.05) is 65.8 Å². The van der Waals surface area contributed by atoms with Gasteiger partial charge in [-0.3, -0.25) is 14.7 Å². The molecule has 0 saturated carbocycles. The molecule has 28 heavy (non-hydrogen) atoms. The van der Waals surface area contributed by atoms with E-state index in [2.05, 4.69) is 30.5 Å². The van der Waals surface area contributed by atoms with Crippen LogP contribution in [0.15, 0.2) is 10.4 Å². The number of nitrogens with one attached hydrogen (secondary N) is 1. The summed E-state index contributed by atoms with van der Waals surface area (Å²) in [4.78, 5) is 29.9. The number of aliphatic imine (C=N–C) groups is 1. The molecule has 10 heteroatoms. The van der Waals surface area contributed by atoms with E-state index in [1.54, 1.807) is 11.3 Å². The van der Waals surface area contributed by atoms with Crippen LogP contribution in [0.2, 0.25) is 0 Å². The molecule has 0 atom stereocenters. The number of piperazine rings is 1. The molecule has 2 aliphatic heterocycles. The number of nitrogens with zero attached hydrogens (tertiary/aromatic N) is 6. The Balaban J connectivity index is 0.00000280. The van der Waals surface area contributed by atoms with Crippen molar-refractivity contribution in [1.82, 2.24) is 25.0 Å². The molecule has 2 fully saturated rings. The summed E-state index contributed by atoms with van der Waals surface area (Å²) in [7, 11) is 5.82. The zero-order chi connectivity index (χ0) is 19.2. The van der Waals surface area contributed by atoms with E-state index >= 15 is 0 Å². The minimum Gasteiger partial charge on any atom is -0.354 e. The molecule has 8 nitrogen and oxygen atoms in total. The lowest BCUT2D eigenvalue weighted by Crippen LogP contribution is -2.54. The Hall–Kier alpha value is -1.14. The molecule has 1 N–H and O–H groups in total. The van der Waals surface area contributed by atoms with Crippen molar-refractivity contribution in [1.29, 1.82) is 0 Å². The normalized spacial score (nSPS) is 18.2. The van der Waals surface area contributed by atoms with Gasteiger partial charge in [0.2, 0.25) is 5.91 Å². The van der Waals surface area contributed by atoms with Gasteiger partial charge in [-0.1, -0.05) is 0 Å². The van der Waals surface area contributed by atoms with Crippen LogP contribution in [0.4, 0.5) is 5.13 Å². The second-order valence-electron chi connectivity index (χ2n) is 7.27. The molecule has 3 rings (SSSR count). The number of aromatic nitrogens is 1. The third-order valence-corrected chi connectivity index (χ3v) is 6.11. The minimum atomic E-state index is 0. The number of thiazole rings is 1. The minimum absolute atomic E-state index is 0. The van der Waals surface area contributed by atoms with E-state index in [9.17, 15) is 4.79 Å². The number of rotatable bonds is 5. The summed E-state index contributed by atoms with van der Waals surface area (Å²) in [6, 6.07) is 0. The van der Waals surface area contributed by atoms with Crippen LogP contribution in [-0.4, -0.2) is 98.5 Å². The molecule has 2 aliphatic rings. The molecule has 0 spiro atoms. The predicted molar refractivity (Wildman–Crippen MR) is 126 cm³/mol. The maximum atomic E-state index is 12.3. The van der Waals surface area contributed by atoms with Gasteiger partial charge in [0.25, 0.3) is 0 Å². The molecule has 3 heterocycles. The van der Waals surface area contributed by atoms with Crippen molar-refractivity contribution in [3.63, 3.8) is 0 Å². The van der Waals surface area contributed by atoms with E-state index in [1.807, 2.05) is 30.9 Å². The molecule has 0 bridgehead atoms. The molecule has 1 amide bonds. The first-order chi connectivity index (χ1) is 13.1. The molecule has 158 valence electrons. The van der Waals surface area contributed by atoms with Crippen LogP contribution in [-0.2, 0) is 11.3 Å². The van der Waals surface area contributed by atoms with Crippen molar-refractivity contribution in [2.45, 2.75) is 19.4 Å². The van der Waals surface area contributed by atoms with Crippen LogP contribution in [0.25, 0.3) is 0 Å². The highest BCUT2D eigenvalue weighted by molar-refractivity contribution is 14.0. The van der Waals surface area contributed by atoms with Gasteiger partial charge in [-0.2, -0.15) is 0 Å². The summed E-state index contributed by atoms with van der Waals surface area (Å²) in [5.74, 6) is 1.18. The lowest BCUT2D eigenvalue weighted by molar-refractivity contribution is -0.131. The number of guanidine groups is 1. The molecule has 0 radical (unpaired) electrons. The van der Waals surface area contributed by atoms with Crippen LogP contribution >= 0.6 is 35.3 Å². The first kappa shape index (κ1) is 23.1. The zero-order valence-electron chi connectivity index (χ0n) is 17.1. The largest absolute Gasteiger partial charge is 0.354 e. The van der Waals surface area contributed by atoms with Gasteiger partial charge in [-0.25, -0.2) is 4.98 Å². The highest BCUT2D eigenvalue weighted by Crippen LogP contribution is 2.17. The average molecular weight is 521 g/mol. The van der Waals surface area contributed by atoms with E-state index in [0.29, 0.717) is 13.1 Å². The second kappa shape index (κ2) is 11.1. The van der Waals surface area contributed by atoms with Crippen LogP contribution in [0.1, 0.15) is 18.5 Å². The molecule has 0 aromatic carbocycles. The van der Waals surface area contributed by atoms with Crippen molar-refractivity contribution in [2.24, 2.45) is 4.99 Å². The summed E-state index contributed by atoms with van der Waals surface area (Å²) in [6.45, 7) is 6.63. The fourth-order valence-corrected chi connectivity index (χ4v) is 4.22. The third kappa shape index (κ3) is 6.18. The highest BCUT2D eigenvalue weighted by Gasteiger charge is 2.24. The van der Waals surface area contributed by atoms with Crippen LogP contribution in [0.3, 0.4) is 0 Å². The number of anilines is 1. The Morgan fingerprint density at radius 3 is 2.43 bits per heavy atom. The van der Waals surface area contributed by atoms with Crippen molar-refractivity contribution in [3.8, 4) is 0 Å². The molecular formula is C18H32IN7OS. The lowest BCUT2D eigenvalue weighted by atomic mass is 10.3. The first-order valence-corrected chi connectivity index (χ1v) is 10.5. The number of carbonyl (C=O) groups is 1. The van der Waals surface area contributed by atoms with Gasteiger partial charge in [-0.15, -0.1) is 35.3 Å². The summed E-state index contributed by atoms with van der Waals surface area (Å²) < 4.78 is 0. The maximum absolute atomic E-state index is 12.3. The van der Waals surface area contributed by atoms with Crippen LogP contribution in [0, 0.1) is 0 Å². The third-order valence-electron chi connectivity index (χ3n) is 5.05. The van der Waals surface area contributed by atoms with E-state index in [-0.39, 0.29) is 29.9 Å². The standard InChI is InChI=1S/C18H31N7OS.HI/c1-19-17(20-12-15-14-27-18(21-15)22(2)3)25-10-8-23(9-11-25)13-16(26)24-6-4-5-7-24;/h14H,4-13H2,1-3H3,(H,19,20);1H. The van der Waals surface area contributed by atoms with Gasteiger partial charge in [0.15, 0.2) is 11.1 Å². The van der Waals surface area contributed by atoms with E-state index < -0.39 is 0 Å². The van der Waals surface area contributed by atoms with Gasteiger partial charge in [0.1, 0.15) is 0 Å². The molecule has 0 unspecified atom stereocenters. The summed E-state index contributed by atoms with van der Waals surface area (Å²) in [6.07, 6.45) is 2.30. The number of hydrogen-bond donors (Lipinski definition) is 1. The summed E-state index contributed by atoms with van der Waals surface area (Å²) in [5.41, 5.74) is 1.03. The zero-order valence-corrected chi connectivity index (χ0v) is 20.2. The Morgan fingerprint density at radius 2 is 1.86 bits per heavy atom. The Labute approximate surface area is 189 Å². The molecule has 1 aromatic rings. The number of amides is 1. The van der Waals surface area contributed by atoms with Crippen molar-refractivity contribution in [2.75, 3.05) is 71.9 Å². The number of hydrogen-bond acceptors (Lipinski definition) is 6. The van der Waals surface area contributed by atoms with Crippen molar-refractivity contribution >= 4 is 52.3 Å². The highest BCUT2D eigenvalue weighted by atomic mass is 127. The average Bonchev–Trinajstić information content (AvgIpc) is 3.35. The summed E-state index contributed by atoms with van der Waals surface area (Å²) in [5, 5.41) is 6.51. The van der Waals surface area contributed by atoms with Gasteiger partial charge < -0.3 is 20.0 Å². The van der Waals surface area contributed by atoms with Crippen LogP contribution in [0.5, 0.6) is 0 Å². The summed E-state index contributed by atoms with van der Waals surface area (Å²) >= 11 is 1.65. The van der Waals surface area contributed by atoms with Gasteiger partial charge in [0.05, 0.1) is 18.8 Å². The Morgan fingerprint density at radius 1 is 1.18 bits per heavy atom. The number of halogens is 1. The van der Waals surface area contributed by atoms with Gasteiger partial charge in [-0.05, 0) is 12.8 Å². The first-order valence-electron chi connectivity index (χ1n) is 9.64. The quantitative estimate of drug-likeness (QED) is 0.356. The number of likely N-dealkylation sites (tertiary alicyclic amines) is 1. The topological polar surface area (TPSA) is 67.3 Å². The Bertz CT molecular complexity index is 652. The smallest absolute Gasteiger partial charge is 0.236 e. The fourth-order valence-electron chi connectivity index (χ4n) is 3.46. The second-order valence-corrected chi connectivity index (χ2v) is 8.10. The Kier molecular flexibility index (Phi) is 9.22. The van der Waals surface area contributed by atoms with E-state index in [1.165, 1.54) is 0 Å². The van der Waals surface area contributed by atoms with E-state index in [4.69, 9.17) is 0 Å².